The van der Waals surface area contributed by atoms with Crippen molar-refractivity contribution in [2.45, 2.75) is 44.4 Å². The summed E-state index contributed by atoms with van der Waals surface area (Å²) in [6.07, 6.45) is 0.989. The molecule has 1 aliphatic heterocycles. The molecule has 1 heterocycles. The smallest absolute Gasteiger partial charge is 0.331 e. The highest BCUT2D eigenvalue weighted by molar-refractivity contribution is 6.09. The van der Waals surface area contributed by atoms with E-state index in [2.05, 4.69) is 45.0 Å². The van der Waals surface area contributed by atoms with Gasteiger partial charge in [-0.05, 0) is 51.8 Å². The molecule has 5 nitrogen and oxygen atoms in total. The lowest BCUT2D eigenvalue weighted by Gasteiger charge is -2.45. The van der Waals surface area contributed by atoms with E-state index < -0.39 is 17.8 Å². The van der Waals surface area contributed by atoms with Gasteiger partial charge in [-0.2, -0.15) is 0 Å². The maximum absolute atomic E-state index is 13.6. The molecular formula is C31H29NO4. The van der Waals surface area contributed by atoms with E-state index in [9.17, 15) is 14.4 Å². The number of ether oxygens (including phenoxy) is 1. The number of carbonyl (C=O) groups is 3. The Morgan fingerprint density at radius 2 is 1.22 bits per heavy atom. The molecule has 2 atom stereocenters. The largest absolute Gasteiger partial charge is 0.425 e. The van der Waals surface area contributed by atoms with Gasteiger partial charge in [0.15, 0.2) is 0 Å². The van der Waals surface area contributed by atoms with Crippen molar-refractivity contribution in [3.63, 3.8) is 0 Å². The van der Waals surface area contributed by atoms with Crippen molar-refractivity contribution in [2.24, 2.45) is 11.8 Å². The quantitative estimate of drug-likeness (QED) is 0.288. The second-order valence-electron chi connectivity index (χ2n) is 10.8. The number of amides is 2. The molecule has 3 aromatic rings. The summed E-state index contributed by atoms with van der Waals surface area (Å²) in [5.41, 5.74) is 5.65. The van der Waals surface area contributed by atoms with Crippen LogP contribution in [0.3, 0.4) is 0 Å². The molecule has 3 aliphatic carbocycles. The minimum Gasteiger partial charge on any atom is -0.425 e. The van der Waals surface area contributed by atoms with E-state index in [1.807, 2.05) is 36.4 Å². The summed E-state index contributed by atoms with van der Waals surface area (Å²) >= 11 is 0. The summed E-state index contributed by atoms with van der Waals surface area (Å²) in [4.78, 5) is 41.2. The molecule has 4 aliphatic rings. The molecule has 1 saturated heterocycles. The van der Waals surface area contributed by atoms with Gasteiger partial charge in [0.05, 0.1) is 11.8 Å². The van der Waals surface area contributed by atoms with E-state index in [0.29, 0.717) is 5.75 Å². The fourth-order valence-corrected chi connectivity index (χ4v) is 6.37. The molecule has 0 spiro atoms. The van der Waals surface area contributed by atoms with Crippen LogP contribution in [0.15, 0.2) is 72.8 Å². The van der Waals surface area contributed by atoms with Gasteiger partial charge in [0.1, 0.15) is 12.3 Å². The molecule has 1 fully saturated rings. The van der Waals surface area contributed by atoms with Crippen molar-refractivity contribution in [1.82, 2.24) is 4.90 Å². The number of hydrogen-bond acceptors (Lipinski definition) is 4. The van der Waals surface area contributed by atoms with E-state index in [1.165, 1.54) is 0 Å². The lowest BCUT2D eigenvalue weighted by molar-refractivity contribution is -0.148. The van der Waals surface area contributed by atoms with E-state index >= 15 is 0 Å². The van der Waals surface area contributed by atoms with Gasteiger partial charge in [-0.15, -0.1) is 0 Å². The van der Waals surface area contributed by atoms with Crippen molar-refractivity contribution in [3.05, 3.63) is 101 Å². The van der Waals surface area contributed by atoms with E-state index in [1.54, 1.807) is 12.1 Å². The minimum atomic E-state index is -0.611. The standard InChI is InChI=1S/C31H29NO4/c1-4-31(2,3)18-13-15-19(16-14-18)36-24(33)17-32-29(34)27-25-20-9-5-6-10-21(20)26(28(27)30(32)35)23-12-8-7-11-22(23)25/h5-16,25-28H,4,17H2,1-3H3/t25?,26?,27-,28+. The van der Waals surface area contributed by atoms with Crippen LogP contribution >= 0.6 is 0 Å². The highest BCUT2D eigenvalue weighted by Gasteiger charge is 2.61. The number of carbonyl (C=O) groups excluding carboxylic acids is 3. The zero-order chi connectivity index (χ0) is 25.2. The molecule has 0 aromatic heterocycles. The zero-order valence-corrected chi connectivity index (χ0v) is 20.7. The average molecular weight is 480 g/mol. The highest BCUT2D eigenvalue weighted by Crippen LogP contribution is 2.60. The van der Waals surface area contributed by atoms with Crippen LogP contribution in [0.25, 0.3) is 0 Å². The van der Waals surface area contributed by atoms with Crippen molar-refractivity contribution in [3.8, 4) is 5.75 Å². The summed E-state index contributed by atoms with van der Waals surface area (Å²) in [7, 11) is 0. The Bertz CT molecular complexity index is 1270. The Kier molecular flexibility index (Phi) is 5.15. The van der Waals surface area contributed by atoms with Crippen LogP contribution in [0.1, 0.15) is 66.8 Å². The third kappa shape index (κ3) is 3.25. The molecule has 0 radical (unpaired) electrons. The number of benzene rings is 3. The lowest BCUT2D eigenvalue weighted by atomic mass is 9.55. The molecule has 0 N–H and O–H groups in total. The van der Waals surface area contributed by atoms with Crippen LogP contribution in [0.4, 0.5) is 0 Å². The number of likely N-dealkylation sites (tertiary alicyclic amines) is 1. The Morgan fingerprint density at radius 1 is 0.778 bits per heavy atom. The molecule has 36 heavy (non-hydrogen) atoms. The SMILES string of the molecule is CCC(C)(C)c1ccc(OC(=O)CN2C(=O)[C@@H]3C4c5ccccc5C(c5ccccc54)[C@@H]3C2=O)cc1. The summed E-state index contributed by atoms with van der Waals surface area (Å²) in [6.45, 7) is 6.10. The third-order valence-electron chi connectivity index (χ3n) is 8.58. The molecular weight excluding hydrogens is 450 g/mol. The fourth-order valence-electron chi connectivity index (χ4n) is 6.37. The van der Waals surface area contributed by atoms with Crippen LogP contribution < -0.4 is 4.74 Å². The number of rotatable bonds is 5. The normalized spacial score (nSPS) is 23.8. The predicted octanol–water partition coefficient (Wildman–Crippen LogP) is 5.17. The monoisotopic (exact) mass is 479 g/mol. The van der Waals surface area contributed by atoms with Crippen LogP contribution in [0.2, 0.25) is 0 Å². The third-order valence-corrected chi connectivity index (χ3v) is 8.58. The molecule has 5 heteroatoms. The maximum atomic E-state index is 13.6. The summed E-state index contributed by atoms with van der Waals surface area (Å²) in [5.74, 6) is -2.10. The van der Waals surface area contributed by atoms with Crippen molar-refractivity contribution in [1.29, 1.82) is 0 Å². The Balaban J connectivity index is 1.26. The zero-order valence-electron chi connectivity index (χ0n) is 20.7. The number of hydrogen-bond donors (Lipinski definition) is 0. The Hall–Kier alpha value is -3.73. The maximum Gasteiger partial charge on any atom is 0.331 e. The van der Waals surface area contributed by atoms with E-state index in [-0.39, 0.29) is 35.6 Å². The van der Waals surface area contributed by atoms with Gasteiger partial charge in [-0.3, -0.25) is 14.5 Å². The number of nitrogens with zero attached hydrogens (tertiary/aromatic N) is 1. The first-order chi connectivity index (χ1) is 17.3. The van der Waals surface area contributed by atoms with Crippen LogP contribution in [0.5, 0.6) is 5.75 Å². The van der Waals surface area contributed by atoms with Gasteiger partial charge in [0, 0.05) is 11.8 Å². The van der Waals surface area contributed by atoms with Crippen molar-refractivity contribution >= 4 is 17.8 Å². The predicted molar refractivity (Wildman–Crippen MR) is 136 cm³/mol. The van der Waals surface area contributed by atoms with Gasteiger partial charge >= 0.3 is 5.97 Å². The Morgan fingerprint density at radius 3 is 1.64 bits per heavy atom. The first-order valence-corrected chi connectivity index (χ1v) is 12.7. The van der Waals surface area contributed by atoms with Crippen LogP contribution in [0, 0.1) is 11.8 Å². The molecule has 2 bridgehead atoms. The topological polar surface area (TPSA) is 63.7 Å². The average Bonchev–Trinajstić information content (AvgIpc) is 3.14. The molecule has 7 rings (SSSR count). The summed E-state index contributed by atoms with van der Waals surface area (Å²) < 4.78 is 5.54. The number of esters is 1. The molecule has 0 unspecified atom stereocenters. The van der Waals surface area contributed by atoms with Gasteiger partial charge in [-0.1, -0.05) is 81.4 Å². The lowest BCUT2D eigenvalue weighted by Crippen LogP contribution is -2.41. The van der Waals surface area contributed by atoms with Gasteiger partial charge < -0.3 is 4.74 Å². The molecule has 2 amide bonds. The van der Waals surface area contributed by atoms with Crippen LogP contribution in [-0.2, 0) is 19.8 Å². The van der Waals surface area contributed by atoms with Gasteiger partial charge in [0.2, 0.25) is 11.8 Å². The second-order valence-corrected chi connectivity index (χ2v) is 10.8. The molecule has 182 valence electrons. The van der Waals surface area contributed by atoms with Crippen LogP contribution in [-0.4, -0.2) is 29.2 Å². The highest BCUT2D eigenvalue weighted by atomic mass is 16.5. The van der Waals surface area contributed by atoms with E-state index in [4.69, 9.17) is 4.74 Å². The Labute approximate surface area is 211 Å². The van der Waals surface area contributed by atoms with Gasteiger partial charge in [0.25, 0.3) is 0 Å². The summed E-state index contributed by atoms with van der Waals surface area (Å²) in [5, 5.41) is 0. The van der Waals surface area contributed by atoms with Crippen molar-refractivity contribution < 1.29 is 19.1 Å². The second kappa shape index (κ2) is 8.16. The summed E-state index contributed by atoms with van der Waals surface area (Å²) in [6, 6.07) is 23.7. The van der Waals surface area contributed by atoms with Gasteiger partial charge in [-0.25, -0.2) is 4.79 Å². The fraction of sp³-hybridized carbons (Fsp3) is 0.323. The first kappa shape index (κ1) is 22.7. The molecule has 3 aromatic carbocycles. The van der Waals surface area contributed by atoms with E-state index in [0.717, 1.165) is 39.1 Å². The number of imide groups is 1. The minimum absolute atomic E-state index is 0.0295. The molecule has 0 saturated carbocycles. The first-order valence-electron chi connectivity index (χ1n) is 12.7. The van der Waals surface area contributed by atoms with Crippen molar-refractivity contribution in [2.75, 3.05) is 6.54 Å².